The molecule has 2 N–H and O–H groups in total. The molecule has 0 bridgehead atoms. The summed E-state index contributed by atoms with van der Waals surface area (Å²) in [5.41, 5.74) is 0.612. The van der Waals surface area contributed by atoms with Gasteiger partial charge in [-0.2, -0.15) is 5.10 Å². The van der Waals surface area contributed by atoms with Crippen LogP contribution < -0.4 is 5.32 Å². The summed E-state index contributed by atoms with van der Waals surface area (Å²) in [4.78, 5) is 22.8. The van der Waals surface area contributed by atoms with E-state index in [1.165, 1.54) is 13.1 Å². The van der Waals surface area contributed by atoms with Gasteiger partial charge in [0.1, 0.15) is 5.69 Å². The molecule has 98 valence electrons. The number of aromatic carboxylic acids is 1. The molecular formula is C12H10BrN3O3. The van der Waals surface area contributed by atoms with E-state index >= 15 is 0 Å². The van der Waals surface area contributed by atoms with Crippen LogP contribution in [0.1, 0.15) is 21.0 Å². The Labute approximate surface area is 117 Å². The largest absolute Gasteiger partial charge is 0.477 e. The molecule has 1 heterocycles. The van der Waals surface area contributed by atoms with E-state index in [9.17, 15) is 9.59 Å². The molecule has 19 heavy (non-hydrogen) atoms. The summed E-state index contributed by atoms with van der Waals surface area (Å²) in [5.74, 6) is -1.59. The van der Waals surface area contributed by atoms with Gasteiger partial charge in [0.15, 0.2) is 5.69 Å². The van der Waals surface area contributed by atoms with Crippen molar-refractivity contribution in [3.8, 4) is 0 Å². The number of benzene rings is 1. The van der Waals surface area contributed by atoms with Crippen LogP contribution in [0.4, 0.5) is 5.69 Å². The van der Waals surface area contributed by atoms with Crippen LogP contribution in [-0.2, 0) is 7.05 Å². The molecule has 6 nitrogen and oxygen atoms in total. The number of aryl methyl sites for hydroxylation is 1. The fourth-order valence-corrected chi connectivity index (χ4v) is 1.94. The van der Waals surface area contributed by atoms with Gasteiger partial charge in [-0.1, -0.05) is 22.0 Å². The minimum atomic E-state index is -1.13. The number of hydrogen-bond donors (Lipinski definition) is 2. The molecule has 0 radical (unpaired) electrons. The highest BCUT2D eigenvalue weighted by Gasteiger charge is 2.16. The summed E-state index contributed by atoms with van der Waals surface area (Å²) >= 11 is 3.29. The number of amides is 1. The first-order chi connectivity index (χ1) is 8.97. The number of hydrogen-bond acceptors (Lipinski definition) is 3. The number of carboxylic acid groups (broad SMARTS) is 1. The number of carboxylic acids is 1. The summed E-state index contributed by atoms with van der Waals surface area (Å²) in [6.07, 6.45) is 0. The standard InChI is InChI=1S/C12H10BrN3O3/c1-16-10(12(18)19)6-9(15-16)11(17)14-8-4-2-3-7(13)5-8/h2-6H,1H3,(H,14,17)(H,18,19). The van der Waals surface area contributed by atoms with Crippen molar-refractivity contribution in [2.75, 3.05) is 5.32 Å². The molecule has 0 saturated heterocycles. The monoisotopic (exact) mass is 323 g/mol. The fraction of sp³-hybridized carbons (Fsp3) is 0.0833. The van der Waals surface area contributed by atoms with Crippen LogP contribution in [0.15, 0.2) is 34.8 Å². The van der Waals surface area contributed by atoms with Crippen LogP contribution in [0, 0.1) is 0 Å². The second-order valence-corrected chi connectivity index (χ2v) is 4.72. The molecule has 0 spiro atoms. The van der Waals surface area contributed by atoms with Crippen LogP contribution in [0.3, 0.4) is 0 Å². The van der Waals surface area contributed by atoms with Crippen molar-refractivity contribution >= 4 is 33.5 Å². The number of rotatable bonds is 3. The van der Waals surface area contributed by atoms with Gasteiger partial charge in [0.2, 0.25) is 0 Å². The number of halogens is 1. The molecule has 0 fully saturated rings. The Morgan fingerprint density at radius 2 is 2.11 bits per heavy atom. The van der Waals surface area contributed by atoms with Gasteiger partial charge in [0.05, 0.1) is 0 Å². The second-order valence-electron chi connectivity index (χ2n) is 3.81. The molecule has 7 heteroatoms. The predicted octanol–water partition coefficient (Wildman–Crippen LogP) is 2.13. The molecule has 2 rings (SSSR count). The first-order valence-electron chi connectivity index (χ1n) is 5.31. The van der Waals surface area contributed by atoms with Crippen molar-refractivity contribution in [1.29, 1.82) is 0 Å². The molecule has 0 atom stereocenters. The molecule has 0 aliphatic heterocycles. The Morgan fingerprint density at radius 3 is 2.68 bits per heavy atom. The van der Waals surface area contributed by atoms with Gasteiger partial charge >= 0.3 is 5.97 Å². The molecule has 1 aromatic heterocycles. The van der Waals surface area contributed by atoms with E-state index < -0.39 is 11.9 Å². The van der Waals surface area contributed by atoms with E-state index in [4.69, 9.17) is 5.11 Å². The normalized spacial score (nSPS) is 10.2. The third-order valence-corrected chi connectivity index (χ3v) is 2.91. The summed E-state index contributed by atoms with van der Waals surface area (Å²) < 4.78 is 1.98. The Balaban J connectivity index is 2.21. The lowest BCUT2D eigenvalue weighted by Gasteiger charge is -2.02. The van der Waals surface area contributed by atoms with Crippen LogP contribution in [0.5, 0.6) is 0 Å². The van der Waals surface area contributed by atoms with Crippen LogP contribution in [0.25, 0.3) is 0 Å². The maximum absolute atomic E-state index is 11.9. The lowest BCUT2D eigenvalue weighted by molar-refractivity contribution is 0.0685. The minimum absolute atomic E-state index is 0.0422. The van der Waals surface area contributed by atoms with E-state index in [1.807, 2.05) is 6.07 Å². The Bertz CT molecular complexity index is 651. The molecule has 2 aromatic rings. The molecule has 1 amide bonds. The van der Waals surface area contributed by atoms with E-state index in [1.54, 1.807) is 18.2 Å². The number of anilines is 1. The van der Waals surface area contributed by atoms with Gasteiger partial charge in [-0.25, -0.2) is 4.79 Å². The van der Waals surface area contributed by atoms with Crippen molar-refractivity contribution in [2.24, 2.45) is 7.05 Å². The average Bonchev–Trinajstić information content (AvgIpc) is 2.71. The van der Waals surface area contributed by atoms with E-state index in [0.717, 1.165) is 9.15 Å². The number of nitrogens with zero attached hydrogens (tertiary/aromatic N) is 2. The molecule has 0 saturated carbocycles. The highest BCUT2D eigenvalue weighted by atomic mass is 79.9. The number of carbonyl (C=O) groups excluding carboxylic acids is 1. The zero-order valence-corrected chi connectivity index (χ0v) is 11.5. The van der Waals surface area contributed by atoms with Crippen molar-refractivity contribution in [2.45, 2.75) is 0 Å². The highest BCUT2D eigenvalue weighted by molar-refractivity contribution is 9.10. The van der Waals surface area contributed by atoms with E-state index in [0.29, 0.717) is 5.69 Å². The average molecular weight is 324 g/mol. The zero-order valence-electron chi connectivity index (χ0n) is 9.92. The predicted molar refractivity (Wildman–Crippen MR) is 72.3 cm³/mol. The summed E-state index contributed by atoms with van der Waals surface area (Å²) in [6.45, 7) is 0. The highest BCUT2D eigenvalue weighted by Crippen LogP contribution is 2.16. The SMILES string of the molecule is Cn1nc(C(=O)Nc2cccc(Br)c2)cc1C(=O)O. The Morgan fingerprint density at radius 1 is 1.37 bits per heavy atom. The number of aromatic nitrogens is 2. The van der Waals surface area contributed by atoms with Crippen LogP contribution in [0.2, 0.25) is 0 Å². The van der Waals surface area contributed by atoms with Gasteiger partial charge in [-0.3, -0.25) is 9.48 Å². The third-order valence-electron chi connectivity index (χ3n) is 2.41. The lowest BCUT2D eigenvalue weighted by atomic mass is 10.3. The van der Waals surface area contributed by atoms with Gasteiger partial charge in [-0.15, -0.1) is 0 Å². The molecule has 1 aromatic carbocycles. The van der Waals surface area contributed by atoms with Gasteiger partial charge in [-0.05, 0) is 18.2 Å². The first kappa shape index (κ1) is 13.3. The maximum Gasteiger partial charge on any atom is 0.354 e. The van der Waals surface area contributed by atoms with Gasteiger partial charge in [0.25, 0.3) is 5.91 Å². The van der Waals surface area contributed by atoms with Crippen molar-refractivity contribution in [1.82, 2.24) is 9.78 Å². The molecular weight excluding hydrogens is 314 g/mol. The Hall–Kier alpha value is -2.15. The summed E-state index contributed by atoms with van der Waals surface area (Å²) in [5, 5.41) is 15.4. The smallest absolute Gasteiger partial charge is 0.354 e. The molecule has 0 aliphatic carbocycles. The number of nitrogens with one attached hydrogen (secondary N) is 1. The quantitative estimate of drug-likeness (QED) is 0.906. The van der Waals surface area contributed by atoms with Gasteiger partial charge < -0.3 is 10.4 Å². The van der Waals surface area contributed by atoms with Crippen LogP contribution in [-0.4, -0.2) is 26.8 Å². The van der Waals surface area contributed by atoms with Crippen molar-refractivity contribution < 1.29 is 14.7 Å². The second kappa shape index (κ2) is 5.23. The summed E-state index contributed by atoms with van der Waals surface area (Å²) in [6, 6.07) is 8.30. The van der Waals surface area contributed by atoms with E-state index in [-0.39, 0.29) is 11.4 Å². The zero-order chi connectivity index (χ0) is 14.0. The lowest BCUT2D eigenvalue weighted by Crippen LogP contribution is -2.12. The fourth-order valence-electron chi connectivity index (χ4n) is 1.54. The molecule has 0 aliphatic rings. The topological polar surface area (TPSA) is 84.2 Å². The maximum atomic E-state index is 11.9. The third kappa shape index (κ3) is 3.00. The Kier molecular flexibility index (Phi) is 3.66. The first-order valence-corrected chi connectivity index (χ1v) is 6.11. The van der Waals surface area contributed by atoms with Crippen molar-refractivity contribution in [3.63, 3.8) is 0 Å². The minimum Gasteiger partial charge on any atom is -0.477 e. The van der Waals surface area contributed by atoms with E-state index in [2.05, 4.69) is 26.3 Å². The van der Waals surface area contributed by atoms with Crippen LogP contribution >= 0.6 is 15.9 Å². The van der Waals surface area contributed by atoms with Gasteiger partial charge in [0, 0.05) is 23.3 Å². The number of carbonyl (C=O) groups is 2. The van der Waals surface area contributed by atoms with Crippen molar-refractivity contribution in [3.05, 3.63) is 46.2 Å². The molecule has 0 unspecified atom stereocenters. The summed E-state index contributed by atoms with van der Waals surface area (Å²) in [7, 11) is 1.47.